The van der Waals surface area contributed by atoms with Crippen molar-refractivity contribution >= 4 is 5.65 Å². The summed E-state index contributed by atoms with van der Waals surface area (Å²) in [6, 6.07) is 10.6. The van der Waals surface area contributed by atoms with Gasteiger partial charge in [0.1, 0.15) is 5.65 Å². The molecule has 7 nitrogen and oxygen atoms in total. The number of aliphatic hydroxyl groups excluding tert-OH is 1. The van der Waals surface area contributed by atoms with Gasteiger partial charge in [0, 0.05) is 42.5 Å². The molecule has 0 spiro atoms. The molecule has 37 heavy (non-hydrogen) atoms. The number of hydrogen-bond acceptors (Lipinski definition) is 6. The lowest BCUT2D eigenvalue weighted by molar-refractivity contribution is 0.107. The number of fused-ring (bicyclic) bond motifs is 1. The first-order valence-electron chi connectivity index (χ1n) is 14.0. The normalized spacial score (nSPS) is 23.3. The van der Waals surface area contributed by atoms with Gasteiger partial charge in [0.05, 0.1) is 30.5 Å². The molecule has 0 bridgehead atoms. The maximum Gasteiger partial charge on any atom is 0.302 e. The molecule has 2 fully saturated rings. The Hall–Kier alpha value is -2.95. The quantitative estimate of drug-likeness (QED) is 0.465. The summed E-state index contributed by atoms with van der Waals surface area (Å²) < 4.78 is 8.45. The van der Waals surface area contributed by atoms with Gasteiger partial charge < -0.3 is 14.7 Å². The summed E-state index contributed by atoms with van der Waals surface area (Å²) >= 11 is 0. The van der Waals surface area contributed by atoms with Crippen LogP contribution < -0.4 is 4.74 Å². The Bertz CT molecular complexity index is 1200. The van der Waals surface area contributed by atoms with Gasteiger partial charge in [-0.3, -0.25) is 4.40 Å². The molecule has 1 atom stereocenters. The van der Waals surface area contributed by atoms with Gasteiger partial charge in [0.2, 0.25) is 0 Å². The number of ether oxygens (including phenoxy) is 1. The zero-order chi connectivity index (χ0) is 25.6. The van der Waals surface area contributed by atoms with Crippen LogP contribution in [-0.4, -0.2) is 57.2 Å². The molecule has 1 aromatic carbocycles. The number of piperidine rings is 1. The van der Waals surface area contributed by atoms with Crippen LogP contribution >= 0.6 is 0 Å². The van der Waals surface area contributed by atoms with Crippen molar-refractivity contribution in [3.05, 3.63) is 47.8 Å². The number of nitrogens with zero attached hydrogens (tertiary/aromatic N) is 5. The smallest absolute Gasteiger partial charge is 0.302 e. The van der Waals surface area contributed by atoms with Crippen molar-refractivity contribution in [2.24, 2.45) is 11.8 Å². The second kappa shape index (κ2) is 12.1. The van der Waals surface area contributed by atoms with Gasteiger partial charge in [0.15, 0.2) is 0 Å². The van der Waals surface area contributed by atoms with E-state index in [1.165, 1.54) is 31.2 Å². The maximum absolute atomic E-state index is 9.35. The monoisotopic (exact) mass is 501 g/mol. The number of likely N-dealkylation sites (tertiary alicyclic amines) is 1. The Kier molecular flexibility index (Phi) is 8.38. The summed E-state index contributed by atoms with van der Waals surface area (Å²) in [5.74, 6) is 1.61. The van der Waals surface area contributed by atoms with E-state index in [1.54, 1.807) is 0 Å². The van der Waals surface area contributed by atoms with Gasteiger partial charge in [-0.15, -0.1) is 0 Å². The van der Waals surface area contributed by atoms with Crippen LogP contribution in [0.5, 0.6) is 6.01 Å². The van der Waals surface area contributed by atoms with E-state index in [1.807, 2.05) is 41.1 Å². The molecule has 5 rings (SSSR count). The third-order valence-corrected chi connectivity index (χ3v) is 8.21. The van der Waals surface area contributed by atoms with E-state index in [4.69, 9.17) is 14.7 Å². The highest BCUT2D eigenvalue weighted by molar-refractivity contribution is 5.72. The van der Waals surface area contributed by atoms with Gasteiger partial charge in [-0.2, -0.15) is 10.2 Å². The minimum atomic E-state index is 0.195. The van der Waals surface area contributed by atoms with Crippen LogP contribution in [0.25, 0.3) is 16.9 Å². The standard InChI is InChI=1S/C30H39N5O2/c1-22-5-2-8-25(9-3-6-22)27-28(26-12-10-23(19-31)11-13-26)33-30(35-16-14-32-29(27)35)37-21-24-7-4-15-34(20-24)17-18-36/h10-14,16,22,24-25,36H,2-9,15,17-18,20-21H2,1H3. The Morgan fingerprint density at radius 3 is 2.59 bits per heavy atom. The lowest BCUT2D eigenvalue weighted by atomic mass is 9.82. The molecule has 3 heterocycles. The number of hydrogen-bond donors (Lipinski definition) is 1. The van der Waals surface area contributed by atoms with E-state index >= 15 is 0 Å². The summed E-state index contributed by atoms with van der Waals surface area (Å²) in [7, 11) is 0. The molecule has 2 aromatic heterocycles. The third kappa shape index (κ3) is 5.97. The van der Waals surface area contributed by atoms with Gasteiger partial charge >= 0.3 is 6.01 Å². The van der Waals surface area contributed by atoms with Crippen molar-refractivity contribution in [1.29, 1.82) is 5.26 Å². The maximum atomic E-state index is 9.35. The summed E-state index contributed by atoms with van der Waals surface area (Å²) in [6.07, 6.45) is 13.3. The van der Waals surface area contributed by atoms with Gasteiger partial charge in [-0.1, -0.05) is 44.7 Å². The first kappa shape index (κ1) is 25.7. The number of imidazole rings is 1. The van der Waals surface area contributed by atoms with Crippen molar-refractivity contribution in [1.82, 2.24) is 19.3 Å². The van der Waals surface area contributed by atoms with Crippen LogP contribution in [0, 0.1) is 23.2 Å². The van der Waals surface area contributed by atoms with Crippen molar-refractivity contribution in [3.8, 4) is 23.3 Å². The lowest BCUT2D eigenvalue weighted by Gasteiger charge is -2.32. The second-order valence-electron chi connectivity index (χ2n) is 11.0. The van der Waals surface area contributed by atoms with Crippen LogP contribution in [0.15, 0.2) is 36.7 Å². The lowest BCUT2D eigenvalue weighted by Crippen LogP contribution is -2.39. The average Bonchev–Trinajstić information content (AvgIpc) is 3.40. The predicted octanol–water partition coefficient (Wildman–Crippen LogP) is 5.42. The van der Waals surface area contributed by atoms with E-state index in [9.17, 15) is 10.4 Å². The van der Waals surface area contributed by atoms with Gasteiger partial charge in [-0.25, -0.2) is 4.98 Å². The van der Waals surface area contributed by atoms with Gasteiger partial charge in [0.25, 0.3) is 0 Å². The SMILES string of the molecule is CC1CCCC(c2c(-c3ccc(C#N)cc3)nc(OCC3CCCN(CCO)C3)n3ccnc23)CCC1. The van der Waals surface area contributed by atoms with Crippen LogP contribution in [0.1, 0.15) is 75.3 Å². The molecule has 1 saturated carbocycles. The Morgan fingerprint density at radius 2 is 1.86 bits per heavy atom. The first-order valence-corrected chi connectivity index (χ1v) is 14.0. The second-order valence-corrected chi connectivity index (χ2v) is 11.0. The first-order chi connectivity index (χ1) is 18.2. The Morgan fingerprint density at radius 1 is 1.08 bits per heavy atom. The molecule has 0 radical (unpaired) electrons. The number of aromatic nitrogens is 3. The number of benzene rings is 1. The van der Waals surface area contributed by atoms with Crippen LogP contribution in [-0.2, 0) is 0 Å². The molecule has 3 aromatic rings. The third-order valence-electron chi connectivity index (χ3n) is 8.21. The topological polar surface area (TPSA) is 86.7 Å². The van der Waals surface area contributed by atoms with Crippen molar-refractivity contribution in [2.45, 2.75) is 64.2 Å². The highest BCUT2D eigenvalue weighted by Gasteiger charge is 2.27. The minimum Gasteiger partial charge on any atom is -0.464 e. The Balaban J connectivity index is 1.50. The molecular formula is C30H39N5O2. The van der Waals surface area contributed by atoms with E-state index < -0.39 is 0 Å². The summed E-state index contributed by atoms with van der Waals surface area (Å²) in [5.41, 5.74) is 4.74. The van der Waals surface area contributed by atoms with E-state index in [-0.39, 0.29) is 6.61 Å². The molecular weight excluding hydrogens is 462 g/mol. The fraction of sp³-hybridized carbons (Fsp3) is 0.567. The number of aliphatic hydroxyl groups is 1. The van der Waals surface area contributed by atoms with E-state index in [0.717, 1.165) is 68.1 Å². The van der Waals surface area contributed by atoms with Crippen LogP contribution in [0.4, 0.5) is 0 Å². The molecule has 0 amide bonds. The largest absolute Gasteiger partial charge is 0.464 e. The summed E-state index contributed by atoms with van der Waals surface area (Å²) in [6.45, 7) is 5.86. The van der Waals surface area contributed by atoms with Crippen LogP contribution in [0.3, 0.4) is 0 Å². The number of rotatable bonds is 7. The highest BCUT2D eigenvalue weighted by atomic mass is 16.5. The molecule has 1 aliphatic carbocycles. The fourth-order valence-electron chi connectivity index (χ4n) is 6.20. The Labute approximate surface area is 220 Å². The molecule has 2 aliphatic rings. The van der Waals surface area contributed by atoms with Crippen molar-refractivity contribution < 1.29 is 9.84 Å². The zero-order valence-electron chi connectivity index (χ0n) is 22.0. The summed E-state index contributed by atoms with van der Waals surface area (Å²) in [4.78, 5) is 12.3. The molecule has 1 saturated heterocycles. The molecule has 7 heteroatoms. The molecule has 196 valence electrons. The molecule has 1 N–H and O–H groups in total. The summed E-state index contributed by atoms with van der Waals surface area (Å²) in [5, 5.41) is 18.7. The van der Waals surface area contributed by atoms with Crippen LogP contribution in [0.2, 0.25) is 0 Å². The number of β-amino-alcohol motifs (C(OH)–C–C–N with tert-alkyl or cyclic N) is 1. The fourth-order valence-corrected chi connectivity index (χ4v) is 6.20. The van der Waals surface area contributed by atoms with E-state index in [0.29, 0.717) is 30.0 Å². The van der Waals surface area contributed by atoms with Gasteiger partial charge in [-0.05, 0) is 56.2 Å². The molecule has 1 unspecified atom stereocenters. The minimum absolute atomic E-state index is 0.195. The van der Waals surface area contributed by atoms with E-state index in [2.05, 4.69) is 17.9 Å². The highest BCUT2D eigenvalue weighted by Crippen LogP contribution is 2.40. The zero-order valence-corrected chi connectivity index (χ0v) is 22.0. The molecule has 1 aliphatic heterocycles. The predicted molar refractivity (Wildman–Crippen MR) is 144 cm³/mol. The number of nitriles is 1. The van der Waals surface area contributed by atoms with Crippen molar-refractivity contribution in [3.63, 3.8) is 0 Å². The van der Waals surface area contributed by atoms with Crippen molar-refractivity contribution in [2.75, 3.05) is 32.8 Å². The average molecular weight is 502 g/mol.